The van der Waals surface area contributed by atoms with Crippen LogP contribution in [0.15, 0.2) is 11.6 Å². The first kappa shape index (κ1) is 12.1. The lowest BCUT2D eigenvalue weighted by atomic mass is 9.82. The second-order valence-corrected chi connectivity index (χ2v) is 5.26. The van der Waals surface area contributed by atoms with E-state index in [4.69, 9.17) is 10.5 Å². The predicted molar refractivity (Wildman–Crippen MR) is 67.3 cm³/mol. The maximum absolute atomic E-state index is 5.91. The van der Waals surface area contributed by atoms with E-state index in [0.717, 1.165) is 25.7 Å². The van der Waals surface area contributed by atoms with Gasteiger partial charge in [0.25, 0.3) is 0 Å². The summed E-state index contributed by atoms with van der Waals surface area (Å²) in [5.41, 5.74) is 7.42. The third-order valence-electron chi connectivity index (χ3n) is 4.01. The molecule has 2 heteroatoms. The van der Waals surface area contributed by atoms with Crippen LogP contribution in [0.25, 0.3) is 0 Å². The average Bonchev–Trinajstić information content (AvgIpc) is 2.38. The Morgan fingerprint density at radius 1 is 1.12 bits per heavy atom. The highest BCUT2D eigenvalue weighted by Crippen LogP contribution is 2.30. The van der Waals surface area contributed by atoms with Crippen LogP contribution in [-0.2, 0) is 4.74 Å². The van der Waals surface area contributed by atoms with E-state index in [2.05, 4.69) is 6.08 Å². The van der Waals surface area contributed by atoms with Crippen molar-refractivity contribution in [1.82, 2.24) is 0 Å². The lowest BCUT2D eigenvalue weighted by Crippen LogP contribution is -2.20. The van der Waals surface area contributed by atoms with E-state index in [0.29, 0.717) is 5.92 Å². The van der Waals surface area contributed by atoms with Crippen LogP contribution in [-0.4, -0.2) is 19.8 Å². The molecule has 0 bridgehead atoms. The molecule has 2 fully saturated rings. The Hall–Kier alpha value is -0.340. The molecule has 0 aromatic carbocycles. The monoisotopic (exact) mass is 223 g/mol. The van der Waals surface area contributed by atoms with E-state index < -0.39 is 0 Å². The zero-order valence-electron chi connectivity index (χ0n) is 10.3. The fraction of sp³-hybridized carbons (Fsp3) is 0.857. The van der Waals surface area contributed by atoms with Crippen LogP contribution in [0.3, 0.4) is 0 Å². The van der Waals surface area contributed by atoms with Gasteiger partial charge in [0, 0.05) is 19.1 Å². The van der Waals surface area contributed by atoms with Gasteiger partial charge in [-0.2, -0.15) is 0 Å². The minimum atomic E-state index is 0.634. The van der Waals surface area contributed by atoms with Gasteiger partial charge in [-0.1, -0.05) is 30.9 Å². The van der Waals surface area contributed by atoms with E-state index >= 15 is 0 Å². The second kappa shape index (κ2) is 6.41. The van der Waals surface area contributed by atoms with Gasteiger partial charge in [-0.25, -0.2) is 0 Å². The molecule has 2 rings (SSSR count). The molecule has 1 aliphatic heterocycles. The Kier molecular flexibility index (Phi) is 4.86. The molecule has 0 radical (unpaired) electrons. The summed E-state index contributed by atoms with van der Waals surface area (Å²) < 4.78 is 5.53. The SMILES string of the molecule is NC/C(=C/C1CCCOC1)C1CCCCC1. The molecule has 0 amide bonds. The molecular formula is C14H25NO. The van der Waals surface area contributed by atoms with E-state index in [1.165, 1.54) is 50.5 Å². The lowest BCUT2D eigenvalue weighted by Gasteiger charge is -2.26. The minimum absolute atomic E-state index is 0.634. The Labute approximate surface area is 99.2 Å². The highest BCUT2D eigenvalue weighted by molar-refractivity contribution is 5.11. The molecule has 1 aliphatic carbocycles. The van der Waals surface area contributed by atoms with Crippen molar-refractivity contribution < 1.29 is 4.74 Å². The highest BCUT2D eigenvalue weighted by Gasteiger charge is 2.19. The third-order valence-corrected chi connectivity index (χ3v) is 4.01. The van der Waals surface area contributed by atoms with Crippen molar-refractivity contribution in [2.75, 3.05) is 19.8 Å². The topological polar surface area (TPSA) is 35.2 Å². The van der Waals surface area contributed by atoms with Crippen molar-refractivity contribution in [2.45, 2.75) is 44.9 Å². The first-order valence-corrected chi connectivity index (χ1v) is 6.88. The quantitative estimate of drug-likeness (QED) is 0.747. The molecule has 1 unspecified atom stereocenters. The van der Waals surface area contributed by atoms with Gasteiger partial charge in [-0.3, -0.25) is 0 Å². The number of rotatable bonds is 3. The number of nitrogens with two attached hydrogens (primary N) is 1. The first-order valence-electron chi connectivity index (χ1n) is 6.88. The second-order valence-electron chi connectivity index (χ2n) is 5.26. The van der Waals surface area contributed by atoms with Gasteiger partial charge in [-0.15, -0.1) is 0 Å². The normalized spacial score (nSPS) is 29.3. The summed E-state index contributed by atoms with van der Waals surface area (Å²) in [5, 5.41) is 0. The van der Waals surface area contributed by atoms with Crippen LogP contribution < -0.4 is 5.73 Å². The van der Waals surface area contributed by atoms with E-state index in [-0.39, 0.29) is 0 Å². The summed E-state index contributed by atoms with van der Waals surface area (Å²) in [6.45, 7) is 2.61. The van der Waals surface area contributed by atoms with Crippen LogP contribution in [0.5, 0.6) is 0 Å². The summed E-state index contributed by atoms with van der Waals surface area (Å²) in [6, 6.07) is 0. The molecule has 1 atom stereocenters. The predicted octanol–water partition coefficient (Wildman–Crippen LogP) is 2.88. The summed E-state index contributed by atoms with van der Waals surface area (Å²) in [4.78, 5) is 0. The summed E-state index contributed by atoms with van der Waals surface area (Å²) in [5.74, 6) is 1.41. The smallest absolute Gasteiger partial charge is 0.0528 e. The molecule has 0 spiro atoms. The van der Waals surface area contributed by atoms with E-state index in [9.17, 15) is 0 Å². The fourth-order valence-corrected chi connectivity index (χ4v) is 3.04. The largest absolute Gasteiger partial charge is 0.381 e. The average molecular weight is 223 g/mol. The molecule has 16 heavy (non-hydrogen) atoms. The maximum atomic E-state index is 5.91. The van der Waals surface area contributed by atoms with Crippen LogP contribution in [0.2, 0.25) is 0 Å². The van der Waals surface area contributed by atoms with Crippen molar-refractivity contribution in [1.29, 1.82) is 0 Å². The van der Waals surface area contributed by atoms with Gasteiger partial charge in [0.15, 0.2) is 0 Å². The van der Waals surface area contributed by atoms with Crippen molar-refractivity contribution >= 4 is 0 Å². The summed E-state index contributed by atoms with van der Waals surface area (Å²) in [7, 11) is 0. The molecule has 2 aliphatic rings. The summed E-state index contributed by atoms with van der Waals surface area (Å²) >= 11 is 0. The number of ether oxygens (including phenoxy) is 1. The minimum Gasteiger partial charge on any atom is -0.381 e. The number of hydrogen-bond acceptors (Lipinski definition) is 2. The van der Waals surface area contributed by atoms with Crippen molar-refractivity contribution in [2.24, 2.45) is 17.6 Å². The lowest BCUT2D eigenvalue weighted by molar-refractivity contribution is 0.0705. The van der Waals surface area contributed by atoms with Gasteiger partial charge in [0.1, 0.15) is 0 Å². The zero-order valence-corrected chi connectivity index (χ0v) is 10.3. The van der Waals surface area contributed by atoms with Gasteiger partial charge in [0.05, 0.1) is 6.61 Å². The molecule has 0 aromatic rings. The van der Waals surface area contributed by atoms with Crippen molar-refractivity contribution in [3.63, 3.8) is 0 Å². The van der Waals surface area contributed by atoms with Crippen molar-refractivity contribution in [3.8, 4) is 0 Å². The molecular weight excluding hydrogens is 198 g/mol. The van der Waals surface area contributed by atoms with E-state index in [1.807, 2.05) is 0 Å². The zero-order chi connectivity index (χ0) is 11.2. The Balaban J connectivity index is 1.93. The third kappa shape index (κ3) is 3.33. The van der Waals surface area contributed by atoms with Gasteiger partial charge < -0.3 is 10.5 Å². The maximum Gasteiger partial charge on any atom is 0.0528 e. The Morgan fingerprint density at radius 2 is 1.94 bits per heavy atom. The van der Waals surface area contributed by atoms with Gasteiger partial charge in [-0.05, 0) is 31.6 Å². The molecule has 2 N–H and O–H groups in total. The van der Waals surface area contributed by atoms with Crippen LogP contribution in [0.4, 0.5) is 0 Å². The Morgan fingerprint density at radius 3 is 2.56 bits per heavy atom. The fourth-order valence-electron chi connectivity index (χ4n) is 3.04. The number of hydrogen-bond donors (Lipinski definition) is 1. The highest BCUT2D eigenvalue weighted by atomic mass is 16.5. The van der Waals surface area contributed by atoms with E-state index in [1.54, 1.807) is 0 Å². The molecule has 1 heterocycles. The standard InChI is InChI=1S/C14H25NO/c15-10-14(13-6-2-1-3-7-13)9-12-5-4-8-16-11-12/h9,12-13H,1-8,10-11,15H2/b14-9-. The summed E-state index contributed by atoms with van der Waals surface area (Å²) in [6.07, 6.45) is 11.9. The molecule has 0 aromatic heterocycles. The van der Waals surface area contributed by atoms with Crippen molar-refractivity contribution in [3.05, 3.63) is 11.6 Å². The first-order chi connectivity index (χ1) is 7.90. The van der Waals surface area contributed by atoms with Crippen LogP contribution >= 0.6 is 0 Å². The van der Waals surface area contributed by atoms with Crippen LogP contribution in [0, 0.1) is 11.8 Å². The molecule has 1 saturated carbocycles. The molecule has 1 saturated heterocycles. The van der Waals surface area contributed by atoms with Gasteiger partial charge in [0.2, 0.25) is 0 Å². The Bertz CT molecular complexity index is 225. The molecule has 2 nitrogen and oxygen atoms in total. The van der Waals surface area contributed by atoms with Gasteiger partial charge >= 0.3 is 0 Å². The molecule has 92 valence electrons. The van der Waals surface area contributed by atoms with Crippen LogP contribution in [0.1, 0.15) is 44.9 Å².